The van der Waals surface area contributed by atoms with E-state index in [0.29, 0.717) is 5.82 Å². The molecule has 21 heavy (non-hydrogen) atoms. The Balaban J connectivity index is 1.97. The third-order valence-corrected chi connectivity index (χ3v) is 3.96. The average Bonchev–Trinajstić information content (AvgIpc) is 2.45. The van der Waals surface area contributed by atoms with Gasteiger partial charge in [-0.25, -0.2) is 0 Å². The van der Waals surface area contributed by atoms with Gasteiger partial charge in [0.2, 0.25) is 0 Å². The van der Waals surface area contributed by atoms with Crippen LogP contribution >= 0.6 is 0 Å². The summed E-state index contributed by atoms with van der Waals surface area (Å²) in [4.78, 5) is 12.4. The second kappa shape index (κ2) is 7.30. The molecule has 0 amide bonds. The lowest BCUT2D eigenvalue weighted by Gasteiger charge is -2.11. The van der Waals surface area contributed by atoms with Crippen LogP contribution in [-0.2, 0) is 6.54 Å². The van der Waals surface area contributed by atoms with Gasteiger partial charge in [-0.3, -0.25) is 9.36 Å². The molecule has 0 saturated carbocycles. The second-order valence-electron chi connectivity index (χ2n) is 6.21. The van der Waals surface area contributed by atoms with E-state index in [2.05, 4.69) is 13.8 Å². The molecule has 1 aromatic heterocycles. The van der Waals surface area contributed by atoms with Crippen molar-refractivity contribution < 1.29 is 0 Å². The van der Waals surface area contributed by atoms with Gasteiger partial charge < -0.3 is 5.73 Å². The first-order chi connectivity index (χ1) is 10.1. The lowest BCUT2D eigenvalue weighted by Crippen LogP contribution is -2.23. The zero-order valence-electron chi connectivity index (χ0n) is 13.1. The smallest absolute Gasteiger partial charge is 0.259 e. The Kier molecular flexibility index (Phi) is 5.43. The number of nitrogens with zero attached hydrogens (tertiary/aromatic N) is 1. The number of pyridine rings is 1. The number of nitrogens with two attached hydrogens (primary N) is 1. The van der Waals surface area contributed by atoms with Gasteiger partial charge in [0.1, 0.15) is 5.82 Å². The summed E-state index contributed by atoms with van der Waals surface area (Å²) in [5.74, 6) is 1.35. The summed E-state index contributed by atoms with van der Waals surface area (Å²) in [6.07, 6.45) is 5.98. The van der Waals surface area contributed by atoms with Crippen molar-refractivity contribution in [3.63, 3.8) is 0 Å². The van der Waals surface area contributed by atoms with Gasteiger partial charge in [-0.15, -0.1) is 0 Å². The predicted octanol–water partition coefficient (Wildman–Crippen LogP) is 4.19. The van der Waals surface area contributed by atoms with Gasteiger partial charge >= 0.3 is 0 Å². The third kappa shape index (κ3) is 4.10. The first-order valence-corrected chi connectivity index (χ1v) is 7.97. The third-order valence-electron chi connectivity index (χ3n) is 3.96. The van der Waals surface area contributed by atoms with Crippen molar-refractivity contribution >= 4 is 16.6 Å². The van der Waals surface area contributed by atoms with Crippen molar-refractivity contribution in [2.75, 3.05) is 5.73 Å². The van der Waals surface area contributed by atoms with Crippen molar-refractivity contribution in [3.05, 3.63) is 40.7 Å². The molecule has 1 aromatic carbocycles. The number of anilines is 1. The molecule has 2 rings (SSSR count). The minimum absolute atomic E-state index is 0.0350. The van der Waals surface area contributed by atoms with E-state index in [4.69, 9.17) is 5.73 Å². The summed E-state index contributed by atoms with van der Waals surface area (Å²) < 4.78 is 1.71. The molecule has 114 valence electrons. The van der Waals surface area contributed by atoms with Crippen LogP contribution in [0.25, 0.3) is 10.8 Å². The molecule has 3 heteroatoms. The minimum Gasteiger partial charge on any atom is -0.385 e. The fourth-order valence-electron chi connectivity index (χ4n) is 2.72. The first kappa shape index (κ1) is 15.6. The fourth-order valence-corrected chi connectivity index (χ4v) is 2.72. The molecule has 0 aliphatic rings. The highest BCUT2D eigenvalue weighted by Crippen LogP contribution is 2.15. The number of fused-ring (bicyclic) bond motifs is 1. The number of nitrogen functional groups attached to an aromatic ring is 1. The normalized spacial score (nSPS) is 11.4. The van der Waals surface area contributed by atoms with Crippen molar-refractivity contribution in [2.24, 2.45) is 5.92 Å². The summed E-state index contributed by atoms with van der Waals surface area (Å²) in [6.45, 7) is 5.24. The Morgan fingerprint density at radius 2 is 1.81 bits per heavy atom. The van der Waals surface area contributed by atoms with Gasteiger partial charge in [0.05, 0.1) is 0 Å². The SMILES string of the molecule is CC(C)CCCCCCn1c(N)cc2ccccc2c1=O. The first-order valence-electron chi connectivity index (χ1n) is 7.97. The highest BCUT2D eigenvalue weighted by atomic mass is 16.1. The maximum absolute atomic E-state index is 12.4. The Morgan fingerprint density at radius 3 is 2.57 bits per heavy atom. The molecule has 0 saturated heterocycles. The molecule has 1 heterocycles. The van der Waals surface area contributed by atoms with E-state index in [1.54, 1.807) is 4.57 Å². The molecule has 0 fully saturated rings. The van der Waals surface area contributed by atoms with Crippen LogP contribution in [0.15, 0.2) is 35.1 Å². The summed E-state index contributed by atoms with van der Waals surface area (Å²) in [7, 11) is 0. The zero-order chi connectivity index (χ0) is 15.2. The van der Waals surface area contributed by atoms with E-state index in [0.717, 1.165) is 36.1 Å². The van der Waals surface area contributed by atoms with Crippen LogP contribution in [0.4, 0.5) is 5.82 Å². The highest BCUT2D eigenvalue weighted by molar-refractivity contribution is 5.83. The maximum atomic E-state index is 12.4. The molecular weight excluding hydrogens is 260 g/mol. The van der Waals surface area contributed by atoms with Crippen molar-refractivity contribution in [1.82, 2.24) is 4.57 Å². The lowest BCUT2D eigenvalue weighted by molar-refractivity contribution is 0.505. The Hall–Kier alpha value is -1.77. The fraction of sp³-hybridized carbons (Fsp3) is 0.500. The van der Waals surface area contributed by atoms with Gasteiger partial charge in [-0.05, 0) is 29.9 Å². The quantitative estimate of drug-likeness (QED) is 0.776. The molecule has 2 aromatic rings. The molecule has 0 spiro atoms. The van der Waals surface area contributed by atoms with Gasteiger partial charge in [0.15, 0.2) is 0 Å². The zero-order valence-corrected chi connectivity index (χ0v) is 13.1. The van der Waals surface area contributed by atoms with Crippen LogP contribution in [0, 0.1) is 5.92 Å². The largest absolute Gasteiger partial charge is 0.385 e. The van der Waals surface area contributed by atoms with Crippen molar-refractivity contribution in [1.29, 1.82) is 0 Å². The number of benzene rings is 1. The molecule has 0 bridgehead atoms. The van der Waals surface area contributed by atoms with Crippen molar-refractivity contribution in [2.45, 2.75) is 52.5 Å². The van der Waals surface area contributed by atoms with Crippen LogP contribution in [0.3, 0.4) is 0 Å². The number of unbranched alkanes of at least 4 members (excludes halogenated alkanes) is 3. The molecular formula is C18H26N2O. The predicted molar refractivity (Wildman–Crippen MR) is 90.5 cm³/mol. The Bertz CT molecular complexity index is 643. The molecule has 3 nitrogen and oxygen atoms in total. The minimum atomic E-state index is 0.0350. The standard InChI is InChI=1S/C18H26N2O/c1-14(2)9-5-3-4-8-12-20-17(19)13-15-10-6-7-11-16(15)18(20)21/h6-7,10-11,13-14H,3-5,8-9,12,19H2,1-2H3. The topological polar surface area (TPSA) is 48.0 Å². The van der Waals surface area contributed by atoms with Gasteiger partial charge in [-0.1, -0.05) is 57.7 Å². The van der Waals surface area contributed by atoms with Crippen LogP contribution in [0.2, 0.25) is 0 Å². The molecule has 2 N–H and O–H groups in total. The van der Waals surface area contributed by atoms with Gasteiger partial charge in [0.25, 0.3) is 5.56 Å². The lowest BCUT2D eigenvalue weighted by atomic mass is 10.0. The van der Waals surface area contributed by atoms with Crippen LogP contribution in [0.1, 0.15) is 46.0 Å². The summed E-state index contributed by atoms with van der Waals surface area (Å²) in [5.41, 5.74) is 6.07. The van der Waals surface area contributed by atoms with E-state index < -0.39 is 0 Å². The number of hydrogen-bond donors (Lipinski definition) is 1. The second-order valence-corrected chi connectivity index (χ2v) is 6.21. The van der Waals surface area contributed by atoms with E-state index in [-0.39, 0.29) is 5.56 Å². The van der Waals surface area contributed by atoms with E-state index in [1.165, 1.54) is 19.3 Å². The number of aromatic nitrogens is 1. The van der Waals surface area contributed by atoms with Crippen LogP contribution in [-0.4, -0.2) is 4.57 Å². The van der Waals surface area contributed by atoms with Crippen LogP contribution in [0.5, 0.6) is 0 Å². The summed E-state index contributed by atoms with van der Waals surface area (Å²) in [6, 6.07) is 9.53. The molecule has 0 unspecified atom stereocenters. The maximum Gasteiger partial charge on any atom is 0.259 e. The van der Waals surface area contributed by atoms with Gasteiger partial charge in [-0.2, -0.15) is 0 Å². The molecule has 0 atom stereocenters. The molecule has 0 radical (unpaired) electrons. The van der Waals surface area contributed by atoms with E-state index in [1.807, 2.05) is 30.3 Å². The summed E-state index contributed by atoms with van der Waals surface area (Å²) in [5, 5.41) is 1.68. The number of hydrogen-bond acceptors (Lipinski definition) is 2. The monoisotopic (exact) mass is 286 g/mol. The molecule has 0 aliphatic heterocycles. The average molecular weight is 286 g/mol. The van der Waals surface area contributed by atoms with E-state index >= 15 is 0 Å². The Labute approximate surface area is 126 Å². The number of rotatable bonds is 7. The molecule has 0 aliphatic carbocycles. The van der Waals surface area contributed by atoms with Crippen LogP contribution < -0.4 is 11.3 Å². The Morgan fingerprint density at radius 1 is 1.10 bits per heavy atom. The highest BCUT2D eigenvalue weighted by Gasteiger charge is 2.06. The van der Waals surface area contributed by atoms with Crippen molar-refractivity contribution in [3.8, 4) is 0 Å². The van der Waals surface area contributed by atoms with E-state index in [9.17, 15) is 4.79 Å². The van der Waals surface area contributed by atoms with Gasteiger partial charge in [0, 0.05) is 11.9 Å². The summed E-state index contributed by atoms with van der Waals surface area (Å²) >= 11 is 0.